The summed E-state index contributed by atoms with van der Waals surface area (Å²) >= 11 is 0. The van der Waals surface area contributed by atoms with Crippen molar-refractivity contribution in [3.05, 3.63) is 48.5 Å². The van der Waals surface area contributed by atoms with Crippen molar-refractivity contribution in [2.45, 2.75) is 18.9 Å². The minimum atomic E-state index is -0.113. The number of benzene rings is 2. The topological polar surface area (TPSA) is 44.8 Å². The maximum absolute atomic E-state index is 12.9. The van der Waals surface area contributed by atoms with Gasteiger partial charge in [-0.1, -0.05) is 24.3 Å². The molecule has 2 aromatic carbocycles. The molecule has 2 aromatic rings. The third kappa shape index (κ3) is 2.46. The van der Waals surface area contributed by atoms with Crippen LogP contribution in [0.25, 0.3) is 0 Å². The maximum Gasteiger partial charge on any atom is 0.326 e. The molecule has 2 aliphatic rings. The van der Waals surface area contributed by atoms with Crippen molar-refractivity contribution in [2.75, 3.05) is 35.3 Å². The number of amides is 2. The first-order chi connectivity index (χ1) is 11.8. The molecule has 1 saturated heterocycles. The highest BCUT2D eigenvalue weighted by atomic mass is 16.5. The third-order valence-electron chi connectivity index (χ3n) is 4.85. The lowest BCUT2D eigenvalue weighted by Crippen LogP contribution is -2.49. The molecule has 124 valence electrons. The predicted molar refractivity (Wildman–Crippen MR) is 96.2 cm³/mol. The highest BCUT2D eigenvalue weighted by Crippen LogP contribution is 2.39. The van der Waals surface area contributed by atoms with Crippen molar-refractivity contribution in [3.8, 4) is 5.75 Å². The number of methoxy groups -OCH3 is 1. The Morgan fingerprint density at radius 2 is 1.88 bits per heavy atom. The molecule has 5 nitrogen and oxygen atoms in total. The van der Waals surface area contributed by atoms with Crippen LogP contribution >= 0.6 is 0 Å². The minimum absolute atomic E-state index is 0.113. The first-order valence-corrected chi connectivity index (χ1v) is 8.35. The van der Waals surface area contributed by atoms with Crippen molar-refractivity contribution in [2.24, 2.45) is 0 Å². The number of anilines is 3. The number of hydrogen-bond donors (Lipinski definition) is 1. The van der Waals surface area contributed by atoms with E-state index in [2.05, 4.69) is 16.3 Å². The molecule has 5 heteroatoms. The summed E-state index contributed by atoms with van der Waals surface area (Å²) < 4.78 is 5.33. The van der Waals surface area contributed by atoms with Gasteiger partial charge in [-0.15, -0.1) is 0 Å². The number of fused-ring (bicyclic) bond motifs is 3. The van der Waals surface area contributed by atoms with E-state index >= 15 is 0 Å². The van der Waals surface area contributed by atoms with E-state index in [4.69, 9.17) is 4.74 Å². The molecular weight excluding hydrogens is 302 g/mol. The molecule has 4 rings (SSSR count). The Balaban J connectivity index is 1.64. The van der Waals surface area contributed by atoms with Crippen molar-refractivity contribution < 1.29 is 9.53 Å². The van der Waals surface area contributed by atoms with Gasteiger partial charge in [-0.3, -0.25) is 4.90 Å². The summed E-state index contributed by atoms with van der Waals surface area (Å²) in [5, 5.41) is 3.00. The molecule has 0 radical (unpaired) electrons. The highest BCUT2D eigenvalue weighted by molar-refractivity contribution is 6.05. The zero-order valence-electron chi connectivity index (χ0n) is 13.7. The number of rotatable bonds is 2. The van der Waals surface area contributed by atoms with Crippen LogP contribution in [0.3, 0.4) is 0 Å². The summed E-state index contributed by atoms with van der Waals surface area (Å²) in [5.74, 6) is 0.665. The monoisotopic (exact) mass is 323 g/mol. The second-order valence-electron chi connectivity index (χ2n) is 6.22. The molecule has 0 bridgehead atoms. The average molecular weight is 323 g/mol. The van der Waals surface area contributed by atoms with Gasteiger partial charge in [-0.25, -0.2) is 4.79 Å². The number of nitrogens with one attached hydrogen (secondary N) is 1. The van der Waals surface area contributed by atoms with Crippen LogP contribution < -0.4 is 19.9 Å². The SMILES string of the molecule is COc1ccccc1NC(=O)N1CC2CCCN2c2ccccc21. The van der Waals surface area contributed by atoms with Gasteiger partial charge >= 0.3 is 6.03 Å². The zero-order valence-corrected chi connectivity index (χ0v) is 13.7. The Bertz CT molecular complexity index is 762. The van der Waals surface area contributed by atoms with Gasteiger partial charge in [-0.05, 0) is 37.1 Å². The maximum atomic E-state index is 12.9. The Morgan fingerprint density at radius 1 is 1.12 bits per heavy atom. The van der Waals surface area contributed by atoms with Crippen molar-refractivity contribution in [1.29, 1.82) is 0 Å². The van der Waals surface area contributed by atoms with E-state index < -0.39 is 0 Å². The summed E-state index contributed by atoms with van der Waals surface area (Å²) in [5.41, 5.74) is 2.82. The molecule has 0 saturated carbocycles. The summed E-state index contributed by atoms with van der Waals surface area (Å²) in [7, 11) is 1.61. The quantitative estimate of drug-likeness (QED) is 0.916. The largest absolute Gasteiger partial charge is 0.495 e. The zero-order chi connectivity index (χ0) is 16.5. The van der Waals surface area contributed by atoms with E-state index in [9.17, 15) is 4.79 Å². The number of urea groups is 1. The summed E-state index contributed by atoms with van der Waals surface area (Å²) in [6, 6.07) is 15.9. The summed E-state index contributed by atoms with van der Waals surface area (Å²) in [6.45, 7) is 1.79. The van der Waals surface area contributed by atoms with Gasteiger partial charge in [0.25, 0.3) is 0 Å². The first-order valence-electron chi connectivity index (χ1n) is 8.35. The van der Waals surface area contributed by atoms with E-state index in [0.717, 1.165) is 30.9 Å². The van der Waals surface area contributed by atoms with Gasteiger partial charge in [0, 0.05) is 19.1 Å². The number of hydrogen-bond acceptors (Lipinski definition) is 3. The number of carbonyl (C=O) groups excluding carboxylic acids is 1. The standard InChI is InChI=1S/C19H21N3O2/c1-24-18-11-5-2-8-15(18)20-19(23)22-13-14-7-6-12-21(14)16-9-3-4-10-17(16)22/h2-5,8-11,14H,6-7,12-13H2,1H3,(H,20,23). The van der Waals surface area contributed by atoms with Crippen LogP contribution in [0.1, 0.15) is 12.8 Å². The second kappa shape index (κ2) is 6.07. The lowest BCUT2D eigenvalue weighted by molar-refractivity contribution is 0.256. The van der Waals surface area contributed by atoms with Crippen molar-refractivity contribution >= 4 is 23.1 Å². The second-order valence-corrected chi connectivity index (χ2v) is 6.22. The predicted octanol–water partition coefficient (Wildman–Crippen LogP) is 3.72. The Kier molecular flexibility index (Phi) is 3.76. The number of ether oxygens (including phenoxy) is 1. The van der Waals surface area contributed by atoms with Crippen molar-refractivity contribution in [3.63, 3.8) is 0 Å². The Morgan fingerprint density at radius 3 is 2.71 bits per heavy atom. The Labute approximate surface area is 141 Å². The van der Waals surface area contributed by atoms with Gasteiger partial charge in [0.15, 0.2) is 0 Å². The number of nitrogens with zero attached hydrogens (tertiary/aromatic N) is 2. The molecule has 2 aliphatic heterocycles. The summed E-state index contributed by atoms with van der Waals surface area (Å²) in [6.07, 6.45) is 2.31. The fourth-order valence-electron chi connectivity index (χ4n) is 3.71. The van der Waals surface area contributed by atoms with Crippen LogP contribution in [-0.2, 0) is 0 Å². The van der Waals surface area contributed by atoms with E-state index in [1.165, 1.54) is 6.42 Å². The van der Waals surface area contributed by atoms with Crippen LogP contribution in [0.2, 0.25) is 0 Å². The van der Waals surface area contributed by atoms with Gasteiger partial charge in [0.2, 0.25) is 0 Å². The van der Waals surface area contributed by atoms with Crippen LogP contribution in [0.5, 0.6) is 5.75 Å². The molecule has 2 amide bonds. The van der Waals surface area contributed by atoms with Crippen LogP contribution in [0.15, 0.2) is 48.5 Å². The molecule has 0 aromatic heterocycles. The van der Waals surface area contributed by atoms with E-state index in [0.29, 0.717) is 17.5 Å². The van der Waals surface area contributed by atoms with E-state index in [1.54, 1.807) is 7.11 Å². The van der Waals surface area contributed by atoms with Crippen LogP contribution in [-0.4, -0.2) is 32.3 Å². The van der Waals surface area contributed by atoms with Gasteiger partial charge in [-0.2, -0.15) is 0 Å². The molecule has 1 N–H and O–H groups in total. The molecule has 2 heterocycles. The molecular formula is C19H21N3O2. The van der Waals surface area contributed by atoms with E-state index in [-0.39, 0.29) is 6.03 Å². The molecule has 1 fully saturated rings. The molecule has 1 atom stereocenters. The minimum Gasteiger partial charge on any atom is -0.495 e. The molecule has 24 heavy (non-hydrogen) atoms. The lowest BCUT2D eigenvalue weighted by atomic mass is 10.1. The molecule has 0 aliphatic carbocycles. The van der Waals surface area contributed by atoms with Gasteiger partial charge < -0.3 is 15.0 Å². The van der Waals surface area contributed by atoms with Crippen LogP contribution in [0.4, 0.5) is 21.9 Å². The highest BCUT2D eigenvalue weighted by Gasteiger charge is 2.36. The first kappa shape index (κ1) is 14.9. The van der Waals surface area contributed by atoms with Crippen molar-refractivity contribution in [1.82, 2.24) is 0 Å². The van der Waals surface area contributed by atoms with Gasteiger partial charge in [0.1, 0.15) is 5.75 Å². The fraction of sp³-hybridized carbons (Fsp3) is 0.316. The van der Waals surface area contributed by atoms with Gasteiger partial charge in [0.05, 0.1) is 24.2 Å². The number of carbonyl (C=O) groups is 1. The normalized spacial score (nSPS) is 18.8. The number of para-hydroxylation sites is 4. The molecule has 0 spiro atoms. The van der Waals surface area contributed by atoms with E-state index in [1.807, 2.05) is 47.4 Å². The Hall–Kier alpha value is -2.69. The summed E-state index contributed by atoms with van der Waals surface area (Å²) in [4.78, 5) is 17.2. The fourth-order valence-corrected chi connectivity index (χ4v) is 3.71. The smallest absolute Gasteiger partial charge is 0.326 e. The third-order valence-corrected chi connectivity index (χ3v) is 4.85. The van der Waals surface area contributed by atoms with Crippen LogP contribution in [0, 0.1) is 0 Å². The molecule has 1 unspecified atom stereocenters. The average Bonchev–Trinajstić information content (AvgIpc) is 3.10. The lowest BCUT2D eigenvalue weighted by Gasteiger charge is -2.40.